The number of fused-ring (bicyclic) bond motifs is 1. The SMILES string of the molecule is COC(=O)c1ccc2c(c1)NC(=O)/C2=C(\Nc1ccc(C(=O)OC(C)(C)C)cc1)c1ccccc1. The minimum absolute atomic E-state index is 0.293. The molecule has 3 aromatic rings. The van der Waals surface area contributed by atoms with Gasteiger partial charge < -0.3 is 20.1 Å². The molecule has 2 N–H and O–H groups in total. The second-order valence-corrected chi connectivity index (χ2v) is 9.03. The summed E-state index contributed by atoms with van der Waals surface area (Å²) in [5, 5.41) is 6.19. The molecule has 7 nitrogen and oxygen atoms in total. The number of hydrogen-bond donors (Lipinski definition) is 2. The molecule has 0 spiro atoms. The Morgan fingerprint density at radius 3 is 2.11 bits per heavy atom. The highest BCUT2D eigenvalue weighted by molar-refractivity contribution is 6.37. The molecule has 0 unspecified atom stereocenters. The number of carbonyl (C=O) groups excluding carboxylic acids is 3. The highest BCUT2D eigenvalue weighted by Crippen LogP contribution is 2.38. The number of carbonyl (C=O) groups is 3. The molecule has 1 aliphatic rings. The molecule has 3 aromatic carbocycles. The Labute approximate surface area is 203 Å². The van der Waals surface area contributed by atoms with Crippen LogP contribution in [-0.2, 0) is 14.3 Å². The van der Waals surface area contributed by atoms with E-state index in [2.05, 4.69) is 10.6 Å². The summed E-state index contributed by atoms with van der Waals surface area (Å²) in [5.41, 5.74) is 3.92. The third kappa shape index (κ3) is 5.24. The van der Waals surface area contributed by atoms with E-state index in [9.17, 15) is 14.4 Å². The lowest BCUT2D eigenvalue weighted by Crippen LogP contribution is -2.23. The van der Waals surface area contributed by atoms with E-state index in [1.54, 1.807) is 42.5 Å². The topological polar surface area (TPSA) is 93.7 Å². The van der Waals surface area contributed by atoms with Gasteiger partial charge in [0.2, 0.25) is 0 Å². The van der Waals surface area contributed by atoms with Crippen molar-refractivity contribution in [2.45, 2.75) is 26.4 Å². The lowest BCUT2D eigenvalue weighted by Gasteiger charge is -2.19. The fourth-order valence-corrected chi connectivity index (χ4v) is 3.72. The van der Waals surface area contributed by atoms with Crippen molar-refractivity contribution in [1.82, 2.24) is 0 Å². The Balaban J connectivity index is 1.73. The van der Waals surface area contributed by atoms with Crippen molar-refractivity contribution >= 4 is 40.5 Å². The van der Waals surface area contributed by atoms with Crippen LogP contribution in [0.25, 0.3) is 11.3 Å². The molecule has 0 fully saturated rings. The molecule has 0 atom stereocenters. The van der Waals surface area contributed by atoms with Gasteiger partial charge in [-0.3, -0.25) is 4.79 Å². The van der Waals surface area contributed by atoms with Gasteiger partial charge in [0.05, 0.1) is 35.2 Å². The normalized spacial score (nSPS) is 14.0. The number of ether oxygens (including phenoxy) is 2. The van der Waals surface area contributed by atoms with E-state index in [-0.39, 0.29) is 5.91 Å². The first-order chi connectivity index (χ1) is 16.7. The predicted octanol–water partition coefficient (Wildman–Crippen LogP) is 5.36. The zero-order chi connectivity index (χ0) is 25.2. The monoisotopic (exact) mass is 470 g/mol. The number of esters is 2. The maximum absolute atomic E-state index is 13.1. The van der Waals surface area contributed by atoms with Gasteiger partial charge in [-0.25, -0.2) is 9.59 Å². The maximum Gasteiger partial charge on any atom is 0.338 e. The molecule has 0 aliphatic carbocycles. The second-order valence-electron chi connectivity index (χ2n) is 9.03. The number of methoxy groups -OCH3 is 1. The van der Waals surface area contributed by atoms with Crippen LogP contribution in [0.1, 0.15) is 52.6 Å². The van der Waals surface area contributed by atoms with Gasteiger partial charge in [-0.2, -0.15) is 0 Å². The summed E-state index contributed by atoms with van der Waals surface area (Å²) < 4.78 is 10.2. The molecule has 0 saturated carbocycles. The molecule has 0 saturated heterocycles. The quantitative estimate of drug-likeness (QED) is 0.385. The highest BCUT2D eigenvalue weighted by atomic mass is 16.6. The van der Waals surface area contributed by atoms with E-state index in [1.165, 1.54) is 7.11 Å². The van der Waals surface area contributed by atoms with Gasteiger partial charge in [0.25, 0.3) is 5.91 Å². The van der Waals surface area contributed by atoms with E-state index in [1.807, 2.05) is 51.1 Å². The number of benzene rings is 3. The maximum atomic E-state index is 13.1. The molecule has 0 radical (unpaired) electrons. The van der Waals surface area contributed by atoms with Gasteiger partial charge in [-0.05, 0) is 62.7 Å². The predicted molar refractivity (Wildman–Crippen MR) is 135 cm³/mol. The third-order valence-electron chi connectivity index (χ3n) is 5.29. The number of anilines is 2. The van der Waals surface area contributed by atoms with E-state index >= 15 is 0 Å². The zero-order valence-corrected chi connectivity index (χ0v) is 20.0. The van der Waals surface area contributed by atoms with Crippen molar-refractivity contribution in [1.29, 1.82) is 0 Å². The van der Waals surface area contributed by atoms with Gasteiger partial charge in [-0.1, -0.05) is 36.4 Å². The van der Waals surface area contributed by atoms with E-state index in [0.29, 0.717) is 39.3 Å². The van der Waals surface area contributed by atoms with Crippen molar-refractivity contribution in [2.75, 3.05) is 17.7 Å². The van der Waals surface area contributed by atoms with Crippen LogP contribution in [0.15, 0.2) is 72.8 Å². The number of nitrogens with one attached hydrogen (secondary N) is 2. The molecule has 7 heteroatoms. The molecular formula is C28H26N2O5. The van der Waals surface area contributed by atoms with Gasteiger partial charge >= 0.3 is 11.9 Å². The molecule has 35 heavy (non-hydrogen) atoms. The Morgan fingerprint density at radius 1 is 0.829 bits per heavy atom. The fourth-order valence-electron chi connectivity index (χ4n) is 3.72. The largest absolute Gasteiger partial charge is 0.465 e. The van der Waals surface area contributed by atoms with Crippen molar-refractivity contribution in [2.24, 2.45) is 0 Å². The Bertz CT molecular complexity index is 1320. The highest BCUT2D eigenvalue weighted by Gasteiger charge is 2.29. The number of amides is 1. The Hall–Kier alpha value is -4.39. The first kappa shape index (κ1) is 23.8. The molecule has 178 valence electrons. The minimum atomic E-state index is -0.587. The number of hydrogen-bond acceptors (Lipinski definition) is 6. The second kappa shape index (κ2) is 9.46. The van der Waals surface area contributed by atoms with Crippen LogP contribution >= 0.6 is 0 Å². The summed E-state index contributed by atoms with van der Waals surface area (Å²) in [6.07, 6.45) is 0. The van der Waals surface area contributed by atoms with Crippen molar-refractivity contribution in [3.8, 4) is 0 Å². The van der Waals surface area contributed by atoms with Crippen LogP contribution in [0.3, 0.4) is 0 Å². The van der Waals surface area contributed by atoms with Crippen molar-refractivity contribution < 1.29 is 23.9 Å². The first-order valence-electron chi connectivity index (χ1n) is 11.1. The van der Waals surface area contributed by atoms with Crippen molar-refractivity contribution in [3.63, 3.8) is 0 Å². The lowest BCUT2D eigenvalue weighted by atomic mass is 9.99. The molecule has 1 amide bonds. The summed E-state index contributed by atoms with van der Waals surface area (Å²) >= 11 is 0. The fraction of sp³-hybridized carbons (Fsp3) is 0.179. The Kier molecular flexibility index (Phi) is 6.42. The molecule has 0 aromatic heterocycles. The van der Waals surface area contributed by atoms with Crippen LogP contribution in [0.4, 0.5) is 11.4 Å². The average Bonchev–Trinajstić information content (AvgIpc) is 3.16. The molecule has 1 aliphatic heterocycles. The Morgan fingerprint density at radius 2 is 1.49 bits per heavy atom. The lowest BCUT2D eigenvalue weighted by molar-refractivity contribution is -0.110. The first-order valence-corrected chi connectivity index (χ1v) is 11.1. The zero-order valence-electron chi connectivity index (χ0n) is 20.0. The van der Waals surface area contributed by atoms with Crippen LogP contribution in [0.5, 0.6) is 0 Å². The molecule has 1 heterocycles. The summed E-state index contributed by atoms with van der Waals surface area (Å²) in [6.45, 7) is 5.45. The molecular weight excluding hydrogens is 444 g/mol. The smallest absolute Gasteiger partial charge is 0.338 e. The van der Waals surface area contributed by atoms with Gasteiger partial charge in [0.15, 0.2) is 0 Å². The standard InChI is InChI=1S/C28H26N2O5/c1-28(2,3)35-27(33)18-10-13-20(14-11-18)29-24(17-8-6-5-7-9-17)23-21-15-12-19(26(32)34-4)16-22(21)30-25(23)31/h5-16,29H,1-4H3,(H,30,31)/b24-23-. The molecule has 4 rings (SSSR count). The van der Waals surface area contributed by atoms with E-state index in [4.69, 9.17) is 9.47 Å². The number of rotatable bonds is 5. The van der Waals surface area contributed by atoms with Crippen LogP contribution in [0.2, 0.25) is 0 Å². The van der Waals surface area contributed by atoms with Gasteiger partial charge in [0, 0.05) is 11.3 Å². The van der Waals surface area contributed by atoms with Gasteiger partial charge in [-0.15, -0.1) is 0 Å². The van der Waals surface area contributed by atoms with E-state index in [0.717, 1.165) is 5.56 Å². The van der Waals surface area contributed by atoms with Crippen molar-refractivity contribution in [3.05, 3.63) is 95.1 Å². The summed E-state index contributed by atoms with van der Waals surface area (Å²) in [6, 6.07) is 21.3. The summed E-state index contributed by atoms with van der Waals surface area (Å²) in [5.74, 6) is -1.18. The molecule has 0 bridgehead atoms. The van der Waals surface area contributed by atoms with Crippen LogP contribution in [-0.4, -0.2) is 30.6 Å². The summed E-state index contributed by atoms with van der Waals surface area (Å²) in [7, 11) is 1.31. The van der Waals surface area contributed by atoms with E-state index < -0.39 is 17.5 Å². The van der Waals surface area contributed by atoms with Crippen LogP contribution < -0.4 is 10.6 Å². The summed E-state index contributed by atoms with van der Waals surface area (Å²) in [4.78, 5) is 37.4. The third-order valence-corrected chi connectivity index (χ3v) is 5.29. The van der Waals surface area contributed by atoms with Gasteiger partial charge in [0.1, 0.15) is 5.60 Å². The average molecular weight is 471 g/mol. The van der Waals surface area contributed by atoms with Crippen LogP contribution in [0, 0.1) is 0 Å². The minimum Gasteiger partial charge on any atom is -0.465 e.